The van der Waals surface area contributed by atoms with Gasteiger partial charge in [-0.1, -0.05) is 11.6 Å². The van der Waals surface area contributed by atoms with E-state index in [4.69, 9.17) is 9.26 Å². The SMILES string of the molecule is COc1cc(-c2noc(CN3CCCCC3C(=O)O)n2)ccc1OC(F)F.Cl. The van der Waals surface area contributed by atoms with E-state index < -0.39 is 18.6 Å². The van der Waals surface area contributed by atoms with Crippen molar-refractivity contribution >= 4 is 18.4 Å². The van der Waals surface area contributed by atoms with Gasteiger partial charge in [0.2, 0.25) is 11.7 Å². The maximum atomic E-state index is 12.4. The molecule has 0 saturated carbocycles. The summed E-state index contributed by atoms with van der Waals surface area (Å²) in [5, 5.41) is 13.2. The standard InChI is InChI=1S/C17H19F2N3O5.ClH/c1-25-13-8-10(5-6-12(13)26-17(18)19)15-20-14(27-21-15)9-22-7-3-2-4-11(22)16(23)24;/h5-6,8,11,17H,2-4,7,9H2,1H3,(H,23,24);1H. The van der Waals surface area contributed by atoms with Crippen LogP contribution in [0.15, 0.2) is 22.7 Å². The monoisotopic (exact) mass is 419 g/mol. The Bertz CT molecular complexity index is 805. The van der Waals surface area contributed by atoms with Crippen molar-refractivity contribution in [2.75, 3.05) is 13.7 Å². The number of carboxylic acids is 1. The number of methoxy groups -OCH3 is 1. The number of hydrogen-bond donors (Lipinski definition) is 1. The van der Waals surface area contributed by atoms with E-state index in [1.54, 1.807) is 4.90 Å². The molecule has 1 unspecified atom stereocenters. The van der Waals surface area contributed by atoms with Crippen LogP contribution in [0, 0.1) is 0 Å². The van der Waals surface area contributed by atoms with Gasteiger partial charge in [0.05, 0.1) is 13.7 Å². The third-order valence-electron chi connectivity index (χ3n) is 4.34. The summed E-state index contributed by atoms with van der Waals surface area (Å²) in [6.07, 6.45) is 2.36. The topological polar surface area (TPSA) is 97.9 Å². The molecule has 1 aromatic carbocycles. The average molecular weight is 420 g/mol. The van der Waals surface area contributed by atoms with E-state index in [1.165, 1.54) is 25.3 Å². The van der Waals surface area contributed by atoms with E-state index in [2.05, 4.69) is 14.9 Å². The summed E-state index contributed by atoms with van der Waals surface area (Å²) >= 11 is 0. The van der Waals surface area contributed by atoms with Crippen LogP contribution in [0.2, 0.25) is 0 Å². The summed E-state index contributed by atoms with van der Waals surface area (Å²) in [5.74, 6) is -0.326. The minimum Gasteiger partial charge on any atom is -0.493 e. The Morgan fingerprint density at radius 3 is 2.86 bits per heavy atom. The fraction of sp³-hybridized carbons (Fsp3) is 0.471. The zero-order chi connectivity index (χ0) is 19.4. The van der Waals surface area contributed by atoms with Crippen LogP contribution >= 0.6 is 12.4 Å². The number of rotatable bonds is 7. The Kier molecular flexibility index (Phi) is 7.53. The summed E-state index contributed by atoms with van der Waals surface area (Å²) in [6.45, 7) is -2.09. The molecule has 1 aliphatic rings. The van der Waals surface area contributed by atoms with Crippen molar-refractivity contribution in [3.05, 3.63) is 24.1 Å². The van der Waals surface area contributed by atoms with Crippen molar-refractivity contribution in [3.63, 3.8) is 0 Å². The number of nitrogens with zero attached hydrogens (tertiary/aromatic N) is 3. The summed E-state index contributed by atoms with van der Waals surface area (Å²) in [7, 11) is 1.33. The number of aromatic nitrogens is 2. The Labute approximate surface area is 165 Å². The van der Waals surface area contributed by atoms with Crippen molar-refractivity contribution in [2.24, 2.45) is 0 Å². The van der Waals surface area contributed by atoms with E-state index in [0.29, 0.717) is 18.5 Å². The Hall–Kier alpha value is -2.46. The number of alkyl halides is 2. The Morgan fingerprint density at radius 1 is 1.39 bits per heavy atom. The second-order valence-electron chi connectivity index (χ2n) is 6.08. The Balaban J connectivity index is 0.00000280. The molecule has 0 aliphatic carbocycles. The predicted octanol–water partition coefficient (Wildman–Crippen LogP) is 3.21. The molecule has 2 aromatic rings. The van der Waals surface area contributed by atoms with E-state index in [0.717, 1.165) is 12.8 Å². The van der Waals surface area contributed by atoms with Crippen LogP contribution in [0.3, 0.4) is 0 Å². The first-order valence-electron chi connectivity index (χ1n) is 8.40. The zero-order valence-corrected chi connectivity index (χ0v) is 15.8. The maximum Gasteiger partial charge on any atom is 0.387 e. The smallest absolute Gasteiger partial charge is 0.387 e. The molecule has 1 N–H and O–H groups in total. The predicted molar refractivity (Wildman–Crippen MR) is 95.9 cm³/mol. The van der Waals surface area contributed by atoms with Crippen molar-refractivity contribution in [1.82, 2.24) is 15.0 Å². The summed E-state index contributed by atoms with van der Waals surface area (Å²) in [5.41, 5.74) is 0.497. The molecule has 1 aromatic heterocycles. The van der Waals surface area contributed by atoms with Gasteiger partial charge in [-0.3, -0.25) is 9.69 Å². The highest BCUT2D eigenvalue weighted by atomic mass is 35.5. The second kappa shape index (κ2) is 9.65. The lowest BCUT2D eigenvalue weighted by Crippen LogP contribution is -2.44. The van der Waals surface area contributed by atoms with E-state index in [9.17, 15) is 18.7 Å². The van der Waals surface area contributed by atoms with Crippen LogP contribution in [0.4, 0.5) is 8.78 Å². The third-order valence-corrected chi connectivity index (χ3v) is 4.34. The van der Waals surface area contributed by atoms with Gasteiger partial charge in [0.15, 0.2) is 11.5 Å². The number of piperidine rings is 1. The lowest BCUT2D eigenvalue weighted by atomic mass is 10.0. The maximum absolute atomic E-state index is 12.4. The number of carboxylic acid groups (broad SMARTS) is 1. The molecule has 0 spiro atoms. The molecular weight excluding hydrogens is 400 g/mol. The molecule has 8 nitrogen and oxygen atoms in total. The van der Waals surface area contributed by atoms with Gasteiger partial charge in [-0.05, 0) is 37.6 Å². The van der Waals surface area contributed by atoms with Crippen molar-refractivity contribution in [3.8, 4) is 22.9 Å². The summed E-state index contributed by atoms with van der Waals surface area (Å²) < 4.78 is 39.5. The number of halogens is 3. The van der Waals surface area contributed by atoms with Gasteiger partial charge >= 0.3 is 12.6 Å². The van der Waals surface area contributed by atoms with Gasteiger partial charge in [-0.2, -0.15) is 13.8 Å². The first kappa shape index (κ1) is 21.8. The molecular formula is C17H20ClF2N3O5. The van der Waals surface area contributed by atoms with Crippen LogP contribution in [0.25, 0.3) is 11.4 Å². The molecule has 28 heavy (non-hydrogen) atoms. The number of likely N-dealkylation sites (tertiary alicyclic amines) is 1. The number of carbonyl (C=O) groups is 1. The van der Waals surface area contributed by atoms with Gasteiger partial charge in [-0.15, -0.1) is 12.4 Å². The number of benzene rings is 1. The highest BCUT2D eigenvalue weighted by Crippen LogP contribution is 2.32. The van der Waals surface area contributed by atoms with E-state index >= 15 is 0 Å². The normalized spacial score (nSPS) is 17.2. The molecule has 154 valence electrons. The summed E-state index contributed by atoms with van der Waals surface area (Å²) in [6, 6.07) is 3.74. The van der Waals surface area contributed by atoms with Gasteiger partial charge in [-0.25, -0.2) is 0 Å². The lowest BCUT2D eigenvalue weighted by Gasteiger charge is -2.31. The molecule has 1 fully saturated rings. The zero-order valence-electron chi connectivity index (χ0n) is 15.0. The largest absolute Gasteiger partial charge is 0.493 e. The minimum absolute atomic E-state index is 0. The molecule has 3 rings (SSSR count). The number of ether oxygens (including phenoxy) is 2. The second-order valence-corrected chi connectivity index (χ2v) is 6.08. The van der Waals surface area contributed by atoms with Crippen LogP contribution < -0.4 is 9.47 Å². The fourth-order valence-corrected chi connectivity index (χ4v) is 3.07. The quantitative estimate of drug-likeness (QED) is 0.730. The molecule has 11 heteroatoms. The highest BCUT2D eigenvalue weighted by molar-refractivity contribution is 5.85. The third kappa shape index (κ3) is 5.08. The molecule has 0 bridgehead atoms. The molecule has 0 amide bonds. The first-order chi connectivity index (χ1) is 13.0. The summed E-state index contributed by atoms with van der Waals surface area (Å²) in [4.78, 5) is 17.4. The van der Waals surface area contributed by atoms with E-state index in [1.807, 2.05) is 0 Å². The van der Waals surface area contributed by atoms with Crippen molar-refractivity contribution in [2.45, 2.75) is 38.5 Å². The van der Waals surface area contributed by atoms with E-state index in [-0.39, 0.29) is 42.2 Å². The molecule has 1 atom stereocenters. The molecule has 1 aliphatic heterocycles. The van der Waals surface area contributed by atoms with Gasteiger partial charge in [0.1, 0.15) is 6.04 Å². The van der Waals surface area contributed by atoms with Gasteiger partial charge in [0, 0.05) is 5.56 Å². The van der Waals surface area contributed by atoms with Crippen LogP contribution in [-0.2, 0) is 11.3 Å². The average Bonchev–Trinajstić information content (AvgIpc) is 3.10. The Morgan fingerprint density at radius 2 is 2.18 bits per heavy atom. The molecule has 2 heterocycles. The van der Waals surface area contributed by atoms with Gasteiger partial charge in [0.25, 0.3) is 0 Å². The minimum atomic E-state index is -2.96. The lowest BCUT2D eigenvalue weighted by molar-refractivity contribution is -0.145. The van der Waals surface area contributed by atoms with Crippen molar-refractivity contribution < 1.29 is 32.7 Å². The number of aliphatic carboxylic acids is 1. The van der Waals surface area contributed by atoms with Crippen LogP contribution in [0.5, 0.6) is 11.5 Å². The molecule has 1 saturated heterocycles. The van der Waals surface area contributed by atoms with Crippen molar-refractivity contribution in [1.29, 1.82) is 0 Å². The first-order valence-corrected chi connectivity index (χ1v) is 8.40. The van der Waals surface area contributed by atoms with Crippen LogP contribution in [0.1, 0.15) is 25.2 Å². The fourth-order valence-electron chi connectivity index (χ4n) is 3.07. The molecule has 0 radical (unpaired) electrons. The number of hydrogen-bond acceptors (Lipinski definition) is 7. The van der Waals surface area contributed by atoms with Crippen LogP contribution in [-0.4, -0.2) is 52.4 Å². The van der Waals surface area contributed by atoms with Gasteiger partial charge < -0.3 is 19.1 Å². The highest BCUT2D eigenvalue weighted by Gasteiger charge is 2.29.